The Hall–Kier alpha value is -1.34. The average molecular weight is 234 g/mol. The summed E-state index contributed by atoms with van der Waals surface area (Å²) < 4.78 is 4.87. The first-order valence-corrected chi connectivity index (χ1v) is 4.95. The third-order valence-corrected chi connectivity index (χ3v) is 1.94. The molecular formula is C9H18N2O5. The van der Waals surface area contributed by atoms with Crippen LogP contribution in [0.15, 0.2) is 0 Å². The molecule has 0 fully saturated rings. The minimum absolute atomic E-state index is 0.132. The van der Waals surface area contributed by atoms with Gasteiger partial charge in [-0.05, 0) is 6.42 Å². The van der Waals surface area contributed by atoms with Gasteiger partial charge in [0.05, 0.1) is 19.2 Å². The van der Waals surface area contributed by atoms with Crippen LogP contribution in [0.3, 0.4) is 0 Å². The molecule has 2 amide bonds. The van der Waals surface area contributed by atoms with Gasteiger partial charge in [0.1, 0.15) is 0 Å². The molecule has 0 rings (SSSR count). The number of carboxylic acid groups (broad SMARTS) is 1. The molecule has 0 spiro atoms. The van der Waals surface area contributed by atoms with Crippen molar-refractivity contribution in [3.63, 3.8) is 0 Å². The number of carbonyl (C=O) groups excluding carboxylic acids is 1. The van der Waals surface area contributed by atoms with Crippen LogP contribution in [0.4, 0.5) is 4.79 Å². The summed E-state index contributed by atoms with van der Waals surface area (Å²) in [5.74, 6) is -1.37. The maximum absolute atomic E-state index is 11.2. The Morgan fingerprint density at radius 2 is 2.06 bits per heavy atom. The fraction of sp³-hybridized carbons (Fsp3) is 0.778. The van der Waals surface area contributed by atoms with Crippen molar-refractivity contribution in [3.8, 4) is 0 Å². The lowest BCUT2D eigenvalue weighted by Crippen LogP contribution is -2.46. The van der Waals surface area contributed by atoms with Gasteiger partial charge in [-0.2, -0.15) is 0 Å². The van der Waals surface area contributed by atoms with Crippen molar-refractivity contribution in [1.82, 2.24) is 10.6 Å². The highest BCUT2D eigenvalue weighted by Gasteiger charge is 2.15. The van der Waals surface area contributed by atoms with E-state index in [1.165, 1.54) is 7.11 Å². The zero-order chi connectivity index (χ0) is 12.6. The van der Waals surface area contributed by atoms with Crippen molar-refractivity contribution < 1.29 is 24.5 Å². The van der Waals surface area contributed by atoms with Crippen LogP contribution >= 0.6 is 0 Å². The van der Waals surface area contributed by atoms with E-state index in [1.54, 1.807) is 0 Å². The summed E-state index contributed by atoms with van der Waals surface area (Å²) in [5.41, 5.74) is 0. The third kappa shape index (κ3) is 6.20. The van der Waals surface area contributed by atoms with Crippen LogP contribution in [0.1, 0.15) is 13.3 Å². The number of methoxy groups -OCH3 is 1. The SMILES string of the molecule is CCC(COC)NC(=O)NC[C@H](O)C(=O)O. The Kier molecular flexibility index (Phi) is 7.23. The first-order chi connectivity index (χ1) is 7.51. The summed E-state index contributed by atoms with van der Waals surface area (Å²) in [6.07, 6.45) is -0.892. The molecule has 94 valence electrons. The smallest absolute Gasteiger partial charge is 0.334 e. The zero-order valence-corrected chi connectivity index (χ0v) is 9.40. The molecule has 0 bridgehead atoms. The molecule has 0 aromatic heterocycles. The van der Waals surface area contributed by atoms with E-state index in [1.807, 2.05) is 6.92 Å². The fourth-order valence-corrected chi connectivity index (χ4v) is 0.976. The molecule has 0 saturated carbocycles. The van der Waals surface area contributed by atoms with Gasteiger partial charge in [-0.1, -0.05) is 6.92 Å². The first kappa shape index (κ1) is 14.7. The van der Waals surface area contributed by atoms with Crippen molar-refractivity contribution >= 4 is 12.0 Å². The lowest BCUT2D eigenvalue weighted by atomic mass is 10.2. The quantitative estimate of drug-likeness (QED) is 0.459. The van der Waals surface area contributed by atoms with Gasteiger partial charge in [0.25, 0.3) is 0 Å². The van der Waals surface area contributed by atoms with E-state index in [4.69, 9.17) is 14.9 Å². The second-order valence-corrected chi connectivity index (χ2v) is 3.27. The van der Waals surface area contributed by atoms with Crippen molar-refractivity contribution in [1.29, 1.82) is 0 Å². The highest BCUT2D eigenvalue weighted by Crippen LogP contribution is 1.91. The number of hydrogen-bond donors (Lipinski definition) is 4. The van der Waals surface area contributed by atoms with Gasteiger partial charge < -0.3 is 25.6 Å². The van der Waals surface area contributed by atoms with Crippen molar-refractivity contribution in [2.24, 2.45) is 0 Å². The molecule has 0 aliphatic heterocycles. The predicted octanol–water partition coefficient (Wildman–Crippen LogP) is -0.844. The number of aliphatic hydroxyl groups is 1. The highest BCUT2D eigenvalue weighted by atomic mass is 16.5. The number of nitrogens with one attached hydrogen (secondary N) is 2. The lowest BCUT2D eigenvalue weighted by Gasteiger charge is -2.16. The van der Waals surface area contributed by atoms with Crippen LogP contribution in [-0.2, 0) is 9.53 Å². The van der Waals surface area contributed by atoms with E-state index in [0.717, 1.165) is 0 Å². The molecule has 2 atom stereocenters. The first-order valence-electron chi connectivity index (χ1n) is 4.95. The number of amides is 2. The van der Waals surface area contributed by atoms with Crippen molar-refractivity contribution in [2.45, 2.75) is 25.5 Å². The number of rotatable bonds is 7. The third-order valence-electron chi connectivity index (χ3n) is 1.94. The Bertz CT molecular complexity index is 234. The molecule has 0 aromatic carbocycles. The summed E-state index contributed by atoms with van der Waals surface area (Å²) in [5, 5.41) is 22.1. The molecule has 0 heterocycles. The Labute approximate surface area is 93.8 Å². The zero-order valence-electron chi connectivity index (χ0n) is 9.40. The normalized spacial score (nSPS) is 13.9. The van der Waals surface area contributed by atoms with Crippen molar-refractivity contribution in [2.75, 3.05) is 20.3 Å². The van der Waals surface area contributed by atoms with Gasteiger partial charge in [-0.3, -0.25) is 0 Å². The van der Waals surface area contributed by atoms with Crippen LogP contribution in [0.2, 0.25) is 0 Å². The van der Waals surface area contributed by atoms with Crippen LogP contribution < -0.4 is 10.6 Å². The van der Waals surface area contributed by atoms with Crippen LogP contribution in [0, 0.1) is 0 Å². The summed E-state index contributed by atoms with van der Waals surface area (Å²) in [7, 11) is 1.52. The fourth-order valence-electron chi connectivity index (χ4n) is 0.976. The van der Waals surface area contributed by atoms with E-state index in [2.05, 4.69) is 10.6 Å². The topological polar surface area (TPSA) is 108 Å². The summed E-state index contributed by atoms with van der Waals surface area (Å²) >= 11 is 0. The van der Waals surface area contributed by atoms with Gasteiger partial charge >= 0.3 is 12.0 Å². The molecule has 0 aliphatic rings. The molecular weight excluding hydrogens is 216 g/mol. The van der Waals surface area contributed by atoms with E-state index in [0.29, 0.717) is 13.0 Å². The number of aliphatic carboxylic acids is 1. The summed E-state index contributed by atoms with van der Waals surface area (Å²) in [6, 6.07) is -0.656. The lowest BCUT2D eigenvalue weighted by molar-refractivity contribution is -0.146. The molecule has 4 N–H and O–H groups in total. The van der Waals surface area contributed by atoms with E-state index in [9.17, 15) is 9.59 Å². The number of aliphatic hydroxyl groups excluding tert-OH is 1. The van der Waals surface area contributed by atoms with Gasteiger partial charge in [0.2, 0.25) is 0 Å². The van der Waals surface area contributed by atoms with Gasteiger partial charge in [0.15, 0.2) is 6.10 Å². The van der Waals surface area contributed by atoms with Gasteiger partial charge in [-0.15, -0.1) is 0 Å². The highest BCUT2D eigenvalue weighted by molar-refractivity contribution is 5.76. The van der Waals surface area contributed by atoms with Crippen LogP contribution in [0.25, 0.3) is 0 Å². The number of ether oxygens (including phenoxy) is 1. The maximum atomic E-state index is 11.2. The van der Waals surface area contributed by atoms with Crippen LogP contribution in [-0.4, -0.2) is 54.6 Å². The molecule has 16 heavy (non-hydrogen) atoms. The van der Waals surface area contributed by atoms with Gasteiger partial charge in [-0.25, -0.2) is 9.59 Å². The minimum atomic E-state index is -1.59. The standard InChI is InChI=1S/C9H18N2O5/c1-3-6(5-16-2)11-9(15)10-4-7(12)8(13)14/h6-7,12H,3-5H2,1-2H3,(H,13,14)(H2,10,11,15)/t6?,7-/m0/s1. The van der Waals surface area contributed by atoms with E-state index in [-0.39, 0.29) is 12.6 Å². The van der Waals surface area contributed by atoms with E-state index >= 15 is 0 Å². The second kappa shape index (κ2) is 7.89. The average Bonchev–Trinajstić information content (AvgIpc) is 2.24. The molecule has 0 radical (unpaired) electrons. The molecule has 0 aromatic rings. The molecule has 1 unspecified atom stereocenters. The summed E-state index contributed by atoms with van der Waals surface area (Å²) in [6.45, 7) is 1.94. The molecule has 7 heteroatoms. The number of carbonyl (C=O) groups is 2. The Balaban J connectivity index is 3.84. The van der Waals surface area contributed by atoms with Gasteiger partial charge in [0, 0.05) is 7.11 Å². The summed E-state index contributed by atoms with van der Waals surface area (Å²) in [4.78, 5) is 21.5. The second-order valence-electron chi connectivity index (χ2n) is 3.27. The molecule has 0 saturated heterocycles. The van der Waals surface area contributed by atoms with E-state index < -0.39 is 18.1 Å². The number of urea groups is 1. The molecule has 7 nitrogen and oxygen atoms in total. The monoisotopic (exact) mass is 234 g/mol. The number of hydrogen-bond acceptors (Lipinski definition) is 4. The largest absolute Gasteiger partial charge is 0.479 e. The Morgan fingerprint density at radius 1 is 1.44 bits per heavy atom. The minimum Gasteiger partial charge on any atom is -0.479 e. The van der Waals surface area contributed by atoms with Crippen LogP contribution in [0.5, 0.6) is 0 Å². The maximum Gasteiger partial charge on any atom is 0.334 e. The molecule has 0 aliphatic carbocycles. The Morgan fingerprint density at radius 3 is 2.50 bits per heavy atom. The van der Waals surface area contributed by atoms with Crippen molar-refractivity contribution in [3.05, 3.63) is 0 Å². The predicted molar refractivity (Wildman–Crippen MR) is 56.1 cm³/mol. The number of carboxylic acids is 1.